The fourth-order valence-corrected chi connectivity index (χ4v) is 15.7. The molecule has 0 spiro atoms. The highest BCUT2D eigenvalue weighted by Crippen LogP contribution is 2.45. The third-order valence-electron chi connectivity index (χ3n) is 22.1. The number of rotatable bonds is 15. The van der Waals surface area contributed by atoms with Crippen LogP contribution in [0.5, 0.6) is 0 Å². The molecule has 33 heteroatoms. The molecule has 3 amide bonds. The van der Waals surface area contributed by atoms with Crippen molar-refractivity contribution < 1.29 is 67.8 Å². The lowest BCUT2D eigenvalue weighted by Gasteiger charge is -2.44. The first-order valence-electron chi connectivity index (χ1n) is 39.3. The van der Waals surface area contributed by atoms with Gasteiger partial charge in [0, 0.05) is 192 Å². The normalized spacial score (nSPS) is 19.3. The van der Waals surface area contributed by atoms with Crippen LogP contribution >= 0.6 is 23.2 Å². The maximum atomic E-state index is 15.8. The Morgan fingerprint density at radius 1 is 0.479 bits per heavy atom. The van der Waals surface area contributed by atoms with Crippen LogP contribution in [-0.4, -0.2) is 217 Å². The number of piperazine rings is 3. The Labute approximate surface area is 704 Å². The van der Waals surface area contributed by atoms with Gasteiger partial charge in [-0.3, -0.25) is 29.2 Å². The smallest absolute Gasteiger partial charge is 0.379 e. The number of pyridine rings is 2. The summed E-state index contributed by atoms with van der Waals surface area (Å²) in [5.74, 6) is -2.55. The Morgan fingerprint density at radius 2 is 0.917 bits per heavy atom. The molecule has 0 saturated carbocycles. The van der Waals surface area contributed by atoms with Crippen LogP contribution in [0.4, 0.5) is 83.8 Å². The fourth-order valence-electron chi connectivity index (χ4n) is 15.2. The van der Waals surface area contributed by atoms with E-state index in [9.17, 15) is 53.9 Å². The van der Waals surface area contributed by atoms with E-state index in [2.05, 4.69) is 108 Å². The average molecular weight is 1710 g/mol. The first kappa shape index (κ1) is 87.8. The summed E-state index contributed by atoms with van der Waals surface area (Å²) in [6, 6.07) is 31.2. The topological polar surface area (TPSA) is 194 Å². The number of hydrogen-bond acceptors (Lipinski definition) is 18. The van der Waals surface area contributed by atoms with Crippen LogP contribution in [0.3, 0.4) is 0 Å². The number of benzene rings is 5. The lowest BCUT2D eigenvalue weighted by Crippen LogP contribution is -2.55. The number of amides is 3. The molecule has 2 atom stereocenters. The molecule has 8 aliphatic rings. The molecule has 121 heavy (non-hydrogen) atoms. The van der Waals surface area contributed by atoms with Crippen LogP contribution in [0.1, 0.15) is 19.4 Å². The van der Waals surface area contributed by atoms with Crippen LogP contribution in [0, 0.1) is 5.82 Å². The molecule has 638 valence electrons. The summed E-state index contributed by atoms with van der Waals surface area (Å²) < 4.78 is 151. The van der Waals surface area contributed by atoms with Crippen molar-refractivity contribution in [2.45, 2.75) is 51.0 Å². The predicted octanol–water partition coefficient (Wildman–Crippen LogP) is 15.4. The van der Waals surface area contributed by atoms with Crippen molar-refractivity contribution in [2.75, 3.05) is 175 Å². The minimum absolute atomic E-state index is 0.0112. The van der Waals surface area contributed by atoms with Gasteiger partial charge in [-0.15, -0.1) is 0 Å². The minimum Gasteiger partial charge on any atom is -0.379 e. The van der Waals surface area contributed by atoms with Gasteiger partial charge in [-0.25, -0.2) is 9.37 Å². The van der Waals surface area contributed by atoms with Crippen LogP contribution < -0.4 is 51.5 Å². The molecular formula is C88H92Cl2F10N16O5. The third-order valence-corrected chi connectivity index (χ3v) is 22.7. The molecule has 8 aliphatic heterocycles. The van der Waals surface area contributed by atoms with Gasteiger partial charge in [-0.2, -0.15) is 39.5 Å². The largest absolute Gasteiger partial charge is 0.417 e. The van der Waals surface area contributed by atoms with Crippen molar-refractivity contribution in [2.24, 2.45) is 0 Å². The van der Waals surface area contributed by atoms with E-state index in [1.54, 1.807) is 48.8 Å². The molecule has 6 N–H and O–H groups in total. The van der Waals surface area contributed by atoms with Crippen LogP contribution in [0.15, 0.2) is 223 Å². The number of nitrogens with one attached hydrogen (secondary N) is 6. The van der Waals surface area contributed by atoms with Crippen molar-refractivity contribution in [3.8, 4) is 33.4 Å². The monoisotopic (exact) mass is 1710 g/mol. The fraction of sp³-hybridized carbons (Fsp3) is 0.330. The summed E-state index contributed by atoms with van der Waals surface area (Å²) in [7, 11) is 6.06. The highest BCUT2D eigenvalue weighted by Gasteiger charge is 2.43. The second kappa shape index (κ2) is 37.5. The number of carbonyl (C=O) groups is 3. The molecule has 15 rings (SSSR count). The molecule has 7 aromatic rings. The lowest BCUT2D eigenvalue weighted by atomic mass is 9.99. The van der Waals surface area contributed by atoms with Gasteiger partial charge >= 0.3 is 18.5 Å². The lowest BCUT2D eigenvalue weighted by molar-refractivity contribution is -0.115. The Morgan fingerprint density at radius 3 is 1.38 bits per heavy atom. The highest BCUT2D eigenvalue weighted by molar-refractivity contribution is 6.34. The van der Waals surface area contributed by atoms with E-state index in [-0.39, 0.29) is 40.4 Å². The number of aromatic nitrogens is 2. The summed E-state index contributed by atoms with van der Waals surface area (Å²) in [4.78, 5) is 66.1. The zero-order chi connectivity index (χ0) is 86.4. The second-order valence-electron chi connectivity index (χ2n) is 30.6. The summed E-state index contributed by atoms with van der Waals surface area (Å²) >= 11 is 13.6. The first-order chi connectivity index (χ1) is 57.6. The quantitative estimate of drug-likeness (QED) is 0.0530. The van der Waals surface area contributed by atoms with E-state index < -0.39 is 75.5 Å². The van der Waals surface area contributed by atoms with Gasteiger partial charge in [-0.05, 0) is 131 Å². The highest BCUT2D eigenvalue weighted by atomic mass is 35.5. The Hall–Kier alpha value is -11.0. The van der Waals surface area contributed by atoms with Crippen molar-refractivity contribution in [1.29, 1.82) is 0 Å². The summed E-state index contributed by atoms with van der Waals surface area (Å²) in [5, 5.41) is 17.8. The summed E-state index contributed by atoms with van der Waals surface area (Å²) in [6.07, 6.45) is -5.48. The van der Waals surface area contributed by atoms with Gasteiger partial charge < -0.3 is 70.8 Å². The van der Waals surface area contributed by atoms with Gasteiger partial charge in [-0.1, -0.05) is 79.3 Å². The number of anilines is 7. The van der Waals surface area contributed by atoms with Gasteiger partial charge in [0.05, 0.1) is 110 Å². The third kappa shape index (κ3) is 21.3. The number of fused-ring (bicyclic) bond motifs is 1. The predicted molar refractivity (Wildman–Crippen MR) is 456 cm³/mol. The number of ether oxygens (including phenoxy) is 2. The average Bonchev–Trinajstić information content (AvgIpc) is 0.783. The number of alkyl halides is 9. The molecule has 0 radical (unpaired) electrons. The number of halogens is 12. The van der Waals surface area contributed by atoms with E-state index in [4.69, 9.17) is 32.7 Å². The molecule has 21 nitrogen and oxygen atoms in total. The number of nitrogens with zero attached hydrogens (tertiary/aromatic N) is 10. The van der Waals surface area contributed by atoms with Crippen LogP contribution in [0.2, 0.25) is 10.0 Å². The van der Waals surface area contributed by atoms with Gasteiger partial charge in [0.2, 0.25) is 0 Å². The molecular weight excluding hydrogens is 1620 g/mol. The molecule has 2 aromatic heterocycles. The minimum atomic E-state index is -4.78. The van der Waals surface area contributed by atoms with Crippen LogP contribution in [-0.2, 0) is 30.4 Å². The van der Waals surface area contributed by atoms with Gasteiger partial charge in [0.1, 0.15) is 11.6 Å². The standard InChI is InChI=1S/C30H33ClF3N5O2.C30H34F4N6O2.C28H25ClF3N5O/c1-20-14-25(30(32,33)34)24(18-35-20)29(40)36-27-16-23(26(31)17-28(27)39-8-6-37(2)7-9-39)22-5-3-4-21(15-22)19-38-10-12-41-13-11-38;1-18-11-24(30(32,33)34)23(15-35-18)29(41)37-26-12-22(21-5-6-28(36-14-21)39-7-9-42-10-8-39)25(31)13-27(26)40-16-19(2)38(4)20(3)17-40;1-17-11-22(28(30,31)32)21(16-33-17)27(38)35-25-13-20(19-12-18-5-3-4-6-24(18)34-15-19)23(29)14-26(25)37-9-7-36(2)8-10-37/h3-5,14-18,35H,1,6-13,19H2,2H3,(H,36,40);5-6,11-15,19-20,35H,1,7-10,16-17H2,2-4H3,(H,37,41);3-6,11-16,33H,1,7-10H2,2H3,(H,35,38)/t;19-,20+;. The Bertz CT molecular complexity index is 5300. The maximum Gasteiger partial charge on any atom is 0.417 e. The van der Waals surface area contributed by atoms with Crippen molar-refractivity contribution in [3.05, 3.63) is 244 Å². The van der Waals surface area contributed by atoms with Crippen molar-refractivity contribution >= 4 is 91.8 Å². The number of morpholine rings is 2. The zero-order valence-electron chi connectivity index (χ0n) is 67.2. The molecule has 5 fully saturated rings. The summed E-state index contributed by atoms with van der Waals surface area (Å²) in [6.45, 7) is 28.1. The van der Waals surface area contributed by atoms with E-state index in [0.717, 1.165) is 116 Å². The number of carbonyl (C=O) groups excluding carboxylic acids is 3. The molecule has 0 bridgehead atoms. The zero-order valence-corrected chi connectivity index (χ0v) is 68.7. The van der Waals surface area contributed by atoms with E-state index in [0.29, 0.717) is 134 Å². The summed E-state index contributed by atoms with van der Waals surface area (Å²) in [5.41, 5.74) is 3.31. The van der Waals surface area contributed by atoms with Gasteiger partial charge in [0.15, 0.2) is 0 Å². The number of para-hydroxylation sites is 1. The molecule has 10 heterocycles. The van der Waals surface area contributed by atoms with Crippen molar-refractivity contribution in [3.63, 3.8) is 0 Å². The Kier molecular flexibility index (Phi) is 27.2. The maximum absolute atomic E-state index is 15.8. The second-order valence-corrected chi connectivity index (χ2v) is 31.4. The van der Waals surface area contributed by atoms with E-state index in [1.165, 1.54) is 12.1 Å². The van der Waals surface area contributed by atoms with Crippen LogP contribution in [0.25, 0.3) is 44.3 Å². The molecule has 0 unspecified atom stereocenters. The number of allylic oxidation sites excluding steroid dienone is 3. The van der Waals surface area contributed by atoms with E-state index >= 15 is 4.39 Å². The molecule has 5 saturated heterocycles. The molecule has 0 aliphatic carbocycles. The van der Waals surface area contributed by atoms with E-state index in [1.807, 2.05) is 82.4 Å². The molecule has 5 aromatic carbocycles. The number of dihydropyridines is 3. The SMILES string of the molecule is C=C1C=C(C(F)(F)F)C(C(=O)Nc2cc(-c3ccc(N4CCOCC4)nc3)c(F)cc2N2C[C@@H](C)N(C)[C@@H](C)C2)=CN1.C=C1C=C(C(F)(F)F)C(C(=O)Nc2cc(-c3cccc(CN4CCOCC4)c3)c(Cl)cc2N2CCN(C)CC2)=CN1.C=C1C=C(C(F)(F)F)C(C(=O)Nc2cc(-c3cnc4ccccc4c3)c(Cl)cc2N2CCN(C)CC2)=CN1. The van der Waals surface area contributed by atoms with Crippen molar-refractivity contribution in [1.82, 2.24) is 45.5 Å². The van der Waals surface area contributed by atoms with Gasteiger partial charge in [0.25, 0.3) is 17.7 Å². The number of likely N-dealkylation sites (N-methyl/N-ethyl adjacent to an activating group) is 3. The first-order valence-corrected chi connectivity index (χ1v) is 40.0. The Balaban J connectivity index is 0.000000157. The number of hydrogen-bond donors (Lipinski definition) is 6.